The maximum Gasteiger partial charge on any atom is 0.346 e. The van der Waals surface area contributed by atoms with Crippen molar-refractivity contribution in [2.45, 2.75) is 58.3 Å². The highest BCUT2D eigenvalue weighted by molar-refractivity contribution is 6.03. The second-order valence-corrected chi connectivity index (χ2v) is 11.8. The Labute approximate surface area is 229 Å². The van der Waals surface area contributed by atoms with Crippen LogP contribution in [0.1, 0.15) is 77.9 Å². The highest BCUT2D eigenvalue weighted by atomic mass is 19.1. The third-order valence-corrected chi connectivity index (χ3v) is 8.11. The predicted molar refractivity (Wildman–Crippen MR) is 153 cm³/mol. The Bertz CT molecular complexity index is 1580. The molecular formula is C35H33FO3. The molecular weight excluding hydrogens is 487 g/mol. The van der Waals surface area contributed by atoms with Crippen molar-refractivity contribution in [3.8, 4) is 22.3 Å². The van der Waals surface area contributed by atoms with E-state index in [4.69, 9.17) is 4.74 Å². The zero-order valence-corrected chi connectivity index (χ0v) is 23.1. The van der Waals surface area contributed by atoms with Crippen molar-refractivity contribution in [2.75, 3.05) is 0 Å². The fraction of sp³-hybridized carbons (Fsp3) is 0.257. The number of ether oxygens (including phenoxy) is 1. The van der Waals surface area contributed by atoms with Gasteiger partial charge >= 0.3 is 11.9 Å². The summed E-state index contributed by atoms with van der Waals surface area (Å²) in [4.78, 5) is 25.3. The second-order valence-electron chi connectivity index (χ2n) is 11.8. The van der Waals surface area contributed by atoms with Crippen LogP contribution < -0.4 is 0 Å². The number of rotatable bonds is 4. The molecule has 4 heteroatoms. The van der Waals surface area contributed by atoms with Crippen molar-refractivity contribution < 1.29 is 18.7 Å². The van der Waals surface area contributed by atoms with Crippen LogP contribution in [-0.2, 0) is 15.6 Å². The molecule has 39 heavy (non-hydrogen) atoms. The van der Waals surface area contributed by atoms with Gasteiger partial charge in [-0.1, -0.05) is 76.2 Å². The van der Waals surface area contributed by atoms with Gasteiger partial charge in [0.1, 0.15) is 5.82 Å². The minimum absolute atomic E-state index is 0.0239. The fourth-order valence-corrected chi connectivity index (χ4v) is 5.59. The third-order valence-electron chi connectivity index (χ3n) is 8.11. The van der Waals surface area contributed by atoms with Crippen molar-refractivity contribution in [2.24, 2.45) is 0 Å². The topological polar surface area (TPSA) is 43.4 Å². The molecule has 5 rings (SSSR count). The van der Waals surface area contributed by atoms with Gasteiger partial charge in [-0.3, -0.25) is 0 Å². The van der Waals surface area contributed by atoms with Crippen LogP contribution in [0.15, 0.2) is 84.9 Å². The molecule has 0 radical (unpaired) electrons. The number of esters is 2. The lowest BCUT2D eigenvalue weighted by Crippen LogP contribution is -2.34. The van der Waals surface area contributed by atoms with Gasteiger partial charge in [-0.25, -0.2) is 14.0 Å². The highest BCUT2D eigenvalue weighted by Crippen LogP contribution is 2.49. The normalized spacial score (nSPS) is 15.3. The SMILES string of the molecule is Cc1cc(-c2cc3c(cc2-c2ccccc2F)C(C)(C)CCC3(C)C)ccc1C(=O)OC(=O)c1ccccc1. The number of fused-ring (bicyclic) bond motifs is 1. The molecule has 0 aliphatic heterocycles. The van der Waals surface area contributed by atoms with E-state index in [0.717, 1.165) is 29.5 Å². The summed E-state index contributed by atoms with van der Waals surface area (Å²) in [5.41, 5.74) is 6.92. The second kappa shape index (κ2) is 9.92. The smallest absolute Gasteiger partial charge is 0.346 e. The lowest BCUT2D eigenvalue weighted by Gasteiger charge is -2.42. The Morgan fingerprint density at radius 2 is 1.28 bits per heavy atom. The first-order valence-corrected chi connectivity index (χ1v) is 13.3. The average molecular weight is 521 g/mol. The molecule has 0 unspecified atom stereocenters. The van der Waals surface area contributed by atoms with Crippen LogP contribution in [0.3, 0.4) is 0 Å². The summed E-state index contributed by atoms with van der Waals surface area (Å²) in [6.07, 6.45) is 2.12. The van der Waals surface area contributed by atoms with Gasteiger partial charge in [-0.05, 0) is 100 Å². The van der Waals surface area contributed by atoms with Gasteiger partial charge in [0, 0.05) is 5.56 Å². The van der Waals surface area contributed by atoms with E-state index >= 15 is 4.39 Å². The summed E-state index contributed by atoms with van der Waals surface area (Å²) in [7, 11) is 0. The number of carbonyl (C=O) groups is 2. The molecule has 4 aromatic rings. The molecule has 0 saturated heterocycles. The minimum Gasteiger partial charge on any atom is -0.386 e. The third kappa shape index (κ3) is 5.04. The lowest BCUT2D eigenvalue weighted by atomic mass is 9.62. The van der Waals surface area contributed by atoms with Crippen molar-refractivity contribution in [1.82, 2.24) is 0 Å². The number of halogens is 1. The molecule has 0 atom stereocenters. The van der Waals surface area contributed by atoms with E-state index in [0.29, 0.717) is 22.3 Å². The molecule has 0 fully saturated rings. The Hall–Kier alpha value is -4.05. The number of hydrogen-bond donors (Lipinski definition) is 0. The molecule has 3 nitrogen and oxygen atoms in total. The van der Waals surface area contributed by atoms with E-state index in [1.54, 1.807) is 42.5 Å². The van der Waals surface area contributed by atoms with Crippen LogP contribution in [-0.4, -0.2) is 11.9 Å². The van der Waals surface area contributed by atoms with Gasteiger partial charge < -0.3 is 4.74 Å². The maximum absolute atomic E-state index is 15.2. The van der Waals surface area contributed by atoms with Crippen LogP contribution >= 0.6 is 0 Å². The van der Waals surface area contributed by atoms with Crippen LogP contribution in [0, 0.1) is 12.7 Å². The van der Waals surface area contributed by atoms with Gasteiger partial charge in [-0.2, -0.15) is 0 Å². The van der Waals surface area contributed by atoms with Crippen molar-refractivity contribution in [3.05, 3.63) is 119 Å². The van der Waals surface area contributed by atoms with Gasteiger partial charge in [0.25, 0.3) is 0 Å². The number of benzene rings is 4. The van der Waals surface area contributed by atoms with E-state index in [2.05, 4.69) is 39.8 Å². The largest absolute Gasteiger partial charge is 0.386 e. The highest BCUT2D eigenvalue weighted by Gasteiger charge is 2.38. The standard InChI is InChI=1S/C35H33FO3/c1-22-19-24(15-16-25(22)33(38)39-32(37)23-11-7-6-8-12-23)27-20-29-30(35(4,5)18-17-34(29,2)3)21-28(27)26-13-9-10-14-31(26)36/h6-16,19-21H,17-18H2,1-5H3. The van der Waals surface area contributed by atoms with Gasteiger partial charge in [-0.15, -0.1) is 0 Å². The lowest BCUT2D eigenvalue weighted by molar-refractivity contribution is 0.0397. The fourth-order valence-electron chi connectivity index (χ4n) is 5.59. The quantitative estimate of drug-likeness (QED) is 0.199. The van der Waals surface area contributed by atoms with E-state index in [-0.39, 0.29) is 16.6 Å². The summed E-state index contributed by atoms with van der Waals surface area (Å²) in [5, 5.41) is 0. The maximum atomic E-state index is 15.2. The first-order valence-electron chi connectivity index (χ1n) is 13.3. The number of hydrogen-bond acceptors (Lipinski definition) is 3. The van der Waals surface area contributed by atoms with Crippen molar-refractivity contribution in [3.63, 3.8) is 0 Å². The molecule has 0 heterocycles. The minimum atomic E-state index is -0.699. The summed E-state index contributed by atoms with van der Waals surface area (Å²) >= 11 is 0. The summed E-state index contributed by atoms with van der Waals surface area (Å²) in [6.45, 7) is 10.9. The van der Waals surface area contributed by atoms with Crippen LogP contribution in [0.5, 0.6) is 0 Å². The Morgan fingerprint density at radius 1 is 0.692 bits per heavy atom. The zero-order valence-electron chi connectivity index (χ0n) is 23.1. The van der Waals surface area contributed by atoms with Crippen LogP contribution in [0.2, 0.25) is 0 Å². The van der Waals surface area contributed by atoms with E-state index in [1.165, 1.54) is 17.2 Å². The Balaban J connectivity index is 1.61. The Kier molecular flexibility index (Phi) is 6.76. The van der Waals surface area contributed by atoms with E-state index in [9.17, 15) is 9.59 Å². The number of aryl methyl sites for hydroxylation is 1. The predicted octanol–water partition coefficient (Wildman–Crippen LogP) is 8.81. The molecule has 1 aliphatic rings. The van der Waals surface area contributed by atoms with Crippen LogP contribution in [0.4, 0.5) is 4.39 Å². The first kappa shape index (κ1) is 26.6. The molecule has 198 valence electrons. The molecule has 1 aliphatic carbocycles. The molecule has 0 amide bonds. The monoisotopic (exact) mass is 520 g/mol. The summed E-state index contributed by atoms with van der Waals surface area (Å²) in [6, 6.07) is 25.1. The number of carbonyl (C=O) groups excluding carboxylic acids is 2. The zero-order chi connectivity index (χ0) is 27.9. The molecule has 0 N–H and O–H groups in total. The van der Waals surface area contributed by atoms with Crippen molar-refractivity contribution in [1.29, 1.82) is 0 Å². The van der Waals surface area contributed by atoms with E-state index < -0.39 is 11.9 Å². The van der Waals surface area contributed by atoms with Crippen LogP contribution in [0.25, 0.3) is 22.3 Å². The molecule has 0 aromatic heterocycles. The van der Waals surface area contributed by atoms with E-state index in [1.807, 2.05) is 31.2 Å². The molecule has 0 saturated carbocycles. The Morgan fingerprint density at radius 3 is 1.90 bits per heavy atom. The molecule has 0 bridgehead atoms. The van der Waals surface area contributed by atoms with Gasteiger partial charge in [0.15, 0.2) is 0 Å². The van der Waals surface area contributed by atoms with Gasteiger partial charge in [0.05, 0.1) is 11.1 Å². The van der Waals surface area contributed by atoms with Crippen molar-refractivity contribution >= 4 is 11.9 Å². The molecule has 0 spiro atoms. The summed E-state index contributed by atoms with van der Waals surface area (Å²) in [5.74, 6) is -1.66. The summed E-state index contributed by atoms with van der Waals surface area (Å²) < 4.78 is 20.3. The average Bonchev–Trinajstić information content (AvgIpc) is 2.91. The first-order chi connectivity index (χ1) is 18.5. The molecule has 4 aromatic carbocycles. The van der Waals surface area contributed by atoms with Gasteiger partial charge in [0.2, 0.25) is 0 Å².